The van der Waals surface area contributed by atoms with Crippen molar-refractivity contribution in [2.24, 2.45) is 5.92 Å². The van der Waals surface area contributed by atoms with Crippen molar-refractivity contribution in [2.45, 2.75) is 85.4 Å². The summed E-state index contributed by atoms with van der Waals surface area (Å²) in [4.78, 5) is 0. The minimum atomic E-state index is 0.758. The zero-order valence-corrected chi connectivity index (χ0v) is 13.7. The van der Waals surface area contributed by atoms with Gasteiger partial charge in [0.15, 0.2) is 0 Å². The number of nitrogens with zero attached hydrogens (tertiary/aromatic N) is 2. The molecule has 3 heteroatoms. The van der Waals surface area contributed by atoms with Crippen molar-refractivity contribution < 1.29 is 0 Å². The van der Waals surface area contributed by atoms with Gasteiger partial charge in [0.2, 0.25) is 0 Å². The van der Waals surface area contributed by atoms with Gasteiger partial charge in [0.1, 0.15) is 0 Å². The van der Waals surface area contributed by atoms with Gasteiger partial charge in [-0.2, -0.15) is 5.10 Å². The van der Waals surface area contributed by atoms with Crippen LogP contribution in [0.5, 0.6) is 0 Å². The van der Waals surface area contributed by atoms with E-state index in [0.29, 0.717) is 0 Å². The molecule has 1 aliphatic rings. The quantitative estimate of drug-likeness (QED) is 0.746. The monoisotopic (exact) mass is 277 g/mol. The molecule has 0 spiro atoms. The van der Waals surface area contributed by atoms with Crippen LogP contribution in [0.3, 0.4) is 0 Å². The largest absolute Gasteiger partial charge is 0.310 e. The second-order valence-electron chi connectivity index (χ2n) is 6.10. The van der Waals surface area contributed by atoms with E-state index < -0.39 is 0 Å². The Hall–Kier alpha value is -0.830. The summed E-state index contributed by atoms with van der Waals surface area (Å²) in [6, 6.07) is 0.770. The van der Waals surface area contributed by atoms with Gasteiger partial charge in [-0.1, -0.05) is 40.5 Å². The van der Waals surface area contributed by atoms with Crippen LogP contribution in [0.15, 0.2) is 0 Å². The molecule has 0 amide bonds. The van der Waals surface area contributed by atoms with Crippen molar-refractivity contribution in [3.63, 3.8) is 0 Å². The number of aromatic nitrogens is 2. The third kappa shape index (κ3) is 3.63. The number of aryl methyl sites for hydroxylation is 1. The molecular weight excluding hydrogens is 246 g/mol. The van der Waals surface area contributed by atoms with Crippen molar-refractivity contribution >= 4 is 0 Å². The van der Waals surface area contributed by atoms with Crippen LogP contribution in [0.1, 0.15) is 70.3 Å². The van der Waals surface area contributed by atoms with Gasteiger partial charge in [-0.25, -0.2) is 0 Å². The average Bonchev–Trinajstić information content (AvgIpc) is 3.24. The first kappa shape index (κ1) is 15.6. The fourth-order valence-electron chi connectivity index (χ4n) is 2.95. The molecule has 0 aliphatic heterocycles. The van der Waals surface area contributed by atoms with E-state index in [2.05, 4.69) is 37.7 Å². The van der Waals surface area contributed by atoms with Gasteiger partial charge >= 0.3 is 0 Å². The highest BCUT2D eigenvalue weighted by Crippen LogP contribution is 2.23. The van der Waals surface area contributed by atoms with Crippen LogP contribution in [0.25, 0.3) is 0 Å². The van der Waals surface area contributed by atoms with E-state index in [1.54, 1.807) is 0 Å². The third-order valence-electron chi connectivity index (χ3n) is 4.65. The normalized spacial score (nSPS) is 15.2. The molecule has 1 N–H and O–H groups in total. The van der Waals surface area contributed by atoms with Gasteiger partial charge in [0, 0.05) is 30.4 Å². The maximum atomic E-state index is 4.91. The molecule has 1 aromatic rings. The molecule has 20 heavy (non-hydrogen) atoms. The summed E-state index contributed by atoms with van der Waals surface area (Å²) in [5.74, 6) is 0.758. The SMILES string of the molecule is CCc1nn(CC(CC)CC)c(CC)c1CNC1CC1. The van der Waals surface area contributed by atoms with Gasteiger partial charge < -0.3 is 5.32 Å². The van der Waals surface area contributed by atoms with E-state index >= 15 is 0 Å². The Kier molecular flexibility index (Phi) is 5.64. The summed E-state index contributed by atoms with van der Waals surface area (Å²) >= 11 is 0. The highest BCUT2D eigenvalue weighted by atomic mass is 15.3. The van der Waals surface area contributed by atoms with E-state index in [9.17, 15) is 0 Å². The minimum absolute atomic E-state index is 0.758. The Morgan fingerprint density at radius 3 is 2.35 bits per heavy atom. The van der Waals surface area contributed by atoms with Crippen LogP contribution < -0.4 is 5.32 Å². The summed E-state index contributed by atoms with van der Waals surface area (Å²) in [5.41, 5.74) is 4.25. The predicted octanol–water partition coefficient (Wildman–Crippen LogP) is 3.70. The topological polar surface area (TPSA) is 29.9 Å². The second kappa shape index (κ2) is 7.26. The third-order valence-corrected chi connectivity index (χ3v) is 4.65. The molecule has 1 heterocycles. The van der Waals surface area contributed by atoms with Crippen molar-refractivity contribution in [3.05, 3.63) is 17.0 Å². The van der Waals surface area contributed by atoms with Gasteiger partial charge in [-0.15, -0.1) is 0 Å². The number of nitrogens with one attached hydrogen (secondary N) is 1. The Bertz CT molecular complexity index is 414. The number of hydrogen-bond donors (Lipinski definition) is 1. The summed E-state index contributed by atoms with van der Waals surface area (Å²) < 4.78 is 2.31. The van der Waals surface area contributed by atoms with E-state index in [0.717, 1.165) is 37.9 Å². The molecule has 0 unspecified atom stereocenters. The Morgan fingerprint density at radius 1 is 1.15 bits per heavy atom. The van der Waals surface area contributed by atoms with Crippen LogP contribution in [0, 0.1) is 5.92 Å². The zero-order valence-electron chi connectivity index (χ0n) is 13.7. The van der Waals surface area contributed by atoms with Crippen LogP contribution in [-0.4, -0.2) is 15.8 Å². The maximum Gasteiger partial charge on any atom is 0.0669 e. The number of hydrogen-bond acceptors (Lipinski definition) is 2. The number of rotatable bonds is 9. The standard InChI is InChI=1S/C17H31N3/c1-5-13(6-2)12-20-17(8-4)15(16(7-3)19-20)11-18-14-9-10-14/h13-14,18H,5-12H2,1-4H3. The molecule has 1 aromatic heterocycles. The van der Waals surface area contributed by atoms with Gasteiger partial charge in [0.05, 0.1) is 5.69 Å². The summed E-state index contributed by atoms with van der Waals surface area (Å²) in [6.07, 6.45) is 7.34. The summed E-state index contributed by atoms with van der Waals surface area (Å²) in [7, 11) is 0. The Morgan fingerprint density at radius 2 is 1.85 bits per heavy atom. The Labute approximate surface area is 124 Å². The van der Waals surface area contributed by atoms with Crippen LogP contribution in [-0.2, 0) is 25.9 Å². The molecule has 0 radical (unpaired) electrons. The molecule has 1 fully saturated rings. The zero-order chi connectivity index (χ0) is 14.5. The lowest BCUT2D eigenvalue weighted by atomic mass is 10.0. The molecule has 0 aromatic carbocycles. The predicted molar refractivity (Wildman–Crippen MR) is 84.9 cm³/mol. The van der Waals surface area contributed by atoms with Crippen molar-refractivity contribution in [2.75, 3.05) is 0 Å². The highest BCUT2D eigenvalue weighted by molar-refractivity contribution is 5.27. The van der Waals surface area contributed by atoms with E-state index in [1.807, 2.05) is 0 Å². The van der Waals surface area contributed by atoms with E-state index in [4.69, 9.17) is 5.10 Å². The first-order valence-electron chi connectivity index (χ1n) is 8.54. The van der Waals surface area contributed by atoms with Crippen LogP contribution in [0.2, 0.25) is 0 Å². The highest BCUT2D eigenvalue weighted by Gasteiger charge is 2.23. The molecule has 114 valence electrons. The van der Waals surface area contributed by atoms with Gasteiger partial charge in [0.25, 0.3) is 0 Å². The molecule has 0 atom stereocenters. The summed E-state index contributed by atoms with van der Waals surface area (Å²) in [5, 5.41) is 8.57. The molecule has 1 aliphatic carbocycles. The smallest absolute Gasteiger partial charge is 0.0669 e. The van der Waals surface area contributed by atoms with E-state index in [-0.39, 0.29) is 0 Å². The van der Waals surface area contributed by atoms with Crippen molar-refractivity contribution in [1.29, 1.82) is 0 Å². The lowest BCUT2D eigenvalue weighted by molar-refractivity contribution is 0.387. The van der Waals surface area contributed by atoms with Crippen LogP contribution >= 0.6 is 0 Å². The first-order chi connectivity index (χ1) is 9.73. The molecule has 3 nitrogen and oxygen atoms in total. The lowest BCUT2D eigenvalue weighted by Crippen LogP contribution is -2.18. The molecule has 0 bridgehead atoms. The fraction of sp³-hybridized carbons (Fsp3) is 0.824. The molecule has 1 saturated carbocycles. The van der Waals surface area contributed by atoms with Crippen LogP contribution in [0.4, 0.5) is 0 Å². The van der Waals surface area contributed by atoms with Crippen molar-refractivity contribution in [1.82, 2.24) is 15.1 Å². The molecule has 2 rings (SSSR count). The molecule has 0 saturated heterocycles. The first-order valence-corrected chi connectivity index (χ1v) is 8.54. The van der Waals surface area contributed by atoms with Gasteiger partial charge in [-0.3, -0.25) is 4.68 Å². The maximum absolute atomic E-state index is 4.91. The lowest BCUT2D eigenvalue weighted by Gasteiger charge is -2.15. The van der Waals surface area contributed by atoms with E-state index in [1.165, 1.54) is 42.6 Å². The minimum Gasteiger partial charge on any atom is -0.310 e. The average molecular weight is 277 g/mol. The fourth-order valence-corrected chi connectivity index (χ4v) is 2.95. The van der Waals surface area contributed by atoms with Gasteiger partial charge in [-0.05, 0) is 31.6 Å². The summed E-state index contributed by atoms with van der Waals surface area (Å²) in [6.45, 7) is 11.2. The Balaban J connectivity index is 2.17. The molecular formula is C17H31N3. The van der Waals surface area contributed by atoms with Crippen molar-refractivity contribution in [3.8, 4) is 0 Å². The second-order valence-corrected chi connectivity index (χ2v) is 6.10.